The van der Waals surface area contributed by atoms with Crippen LogP contribution in [0.25, 0.3) is 0 Å². The van der Waals surface area contributed by atoms with E-state index in [1.807, 2.05) is 42.8 Å². The molecule has 2 heterocycles. The van der Waals surface area contributed by atoms with E-state index in [2.05, 4.69) is 32.7 Å². The average molecular weight is 431 g/mol. The van der Waals surface area contributed by atoms with Crippen LogP contribution >= 0.6 is 24.0 Å². The molecule has 0 spiro atoms. The van der Waals surface area contributed by atoms with Crippen LogP contribution in [0.1, 0.15) is 22.5 Å². The fraction of sp³-hybridized carbons (Fsp3) is 0.533. The monoisotopic (exact) mass is 431 g/mol. The molecule has 0 atom stereocenters. The van der Waals surface area contributed by atoms with Crippen LogP contribution < -0.4 is 10.6 Å². The Balaban J connectivity index is 0.00000264. The largest absolute Gasteiger partial charge is 0.356 e. The predicted octanol–water partition coefficient (Wildman–Crippen LogP) is 1.30. The summed E-state index contributed by atoms with van der Waals surface area (Å²) in [6.45, 7) is 5.65. The van der Waals surface area contributed by atoms with Crippen molar-refractivity contribution >= 4 is 29.9 Å². The van der Waals surface area contributed by atoms with Crippen LogP contribution in [-0.2, 0) is 27.1 Å². The van der Waals surface area contributed by atoms with E-state index in [-0.39, 0.29) is 24.0 Å². The molecular weight excluding hydrogens is 405 g/mol. The molecule has 0 aliphatic heterocycles. The van der Waals surface area contributed by atoms with E-state index in [1.54, 1.807) is 7.05 Å². The topological polar surface area (TPSA) is 72.1 Å². The van der Waals surface area contributed by atoms with Crippen LogP contribution in [0.15, 0.2) is 17.4 Å². The highest BCUT2D eigenvalue weighted by Crippen LogP contribution is 2.10. The summed E-state index contributed by atoms with van der Waals surface area (Å²) in [6.07, 6.45) is 4.83. The number of hydrogen-bond acceptors (Lipinski definition) is 3. The van der Waals surface area contributed by atoms with Crippen LogP contribution in [0, 0.1) is 13.8 Å². The molecule has 2 aromatic rings. The highest BCUT2D eigenvalue weighted by molar-refractivity contribution is 14.0. The van der Waals surface area contributed by atoms with Gasteiger partial charge in [-0.15, -0.1) is 24.0 Å². The van der Waals surface area contributed by atoms with E-state index in [0.29, 0.717) is 0 Å². The molecule has 2 rings (SSSR count). The molecule has 7 nitrogen and oxygen atoms in total. The normalized spacial score (nSPS) is 11.3. The van der Waals surface area contributed by atoms with Crippen molar-refractivity contribution in [1.82, 2.24) is 30.2 Å². The number of halogens is 1. The zero-order valence-electron chi connectivity index (χ0n) is 14.4. The number of aryl methyl sites for hydroxylation is 3. The van der Waals surface area contributed by atoms with Crippen LogP contribution in [0.2, 0.25) is 0 Å². The second-order valence-corrected chi connectivity index (χ2v) is 5.40. The highest BCUT2D eigenvalue weighted by atomic mass is 127. The van der Waals surface area contributed by atoms with Gasteiger partial charge in [0.25, 0.3) is 0 Å². The van der Waals surface area contributed by atoms with Gasteiger partial charge < -0.3 is 10.6 Å². The molecule has 0 amide bonds. The number of aliphatic imine (C=N–C) groups is 1. The zero-order valence-corrected chi connectivity index (χ0v) is 16.8. The summed E-state index contributed by atoms with van der Waals surface area (Å²) in [6, 6.07) is 0. The van der Waals surface area contributed by atoms with Gasteiger partial charge in [-0.05, 0) is 25.8 Å². The second kappa shape index (κ2) is 8.90. The summed E-state index contributed by atoms with van der Waals surface area (Å²) >= 11 is 0. The van der Waals surface area contributed by atoms with Gasteiger partial charge in [-0.3, -0.25) is 14.4 Å². The van der Waals surface area contributed by atoms with Gasteiger partial charge in [0.2, 0.25) is 0 Å². The van der Waals surface area contributed by atoms with Crippen molar-refractivity contribution in [2.45, 2.75) is 26.8 Å². The first-order chi connectivity index (χ1) is 10.5. The van der Waals surface area contributed by atoms with Crippen molar-refractivity contribution in [2.75, 3.05) is 13.6 Å². The first kappa shape index (κ1) is 19.5. The first-order valence-electron chi connectivity index (χ1n) is 7.42. The maximum Gasteiger partial charge on any atom is 0.191 e. The molecule has 0 bridgehead atoms. The fourth-order valence-corrected chi connectivity index (χ4v) is 2.39. The maximum absolute atomic E-state index is 4.43. The number of rotatable bonds is 5. The van der Waals surface area contributed by atoms with Gasteiger partial charge in [0.1, 0.15) is 0 Å². The molecule has 2 N–H and O–H groups in total. The van der Waals surface area contributed by atoms with Gasteiger partial charge in [-0.25, -0.2) is 0 Å². The Morgan fingerprint density at radius 2 is 2.00 bits per heavy atom. The van der Waals surface area contributed by atoms with Crippen molar-refractivity contribution < 1.29 is 0 Å². The van der Waals surface area contributed by atoms with Gasteiger partial charge in [-0.2, -0.15) is 10.2 Å². The van der Waals surface area contributed by atoms with Crippen molar-refractivity contribution in [3.63, 3.8) is 0 Å². The number of aromatic nitrogens is 4. The minimum absolute atomic E-state index is 0. The lowest BCUT2D eigenvalue weighted by Crippen LogP contribution is -2.38. The summed E-state index contributed by atoms with van der Waals surface area (Å²) in [5, 5.41) is 15.2. The summed E-state index contributed by atoms with van der Waals surface area (Å²) in [5.41, 5.74) is 4.66. The Bertz CT molecular complexity index is 657. The molecule has 0 fully saturated rings. The van der Waals surface area contributed by atoms with Crippen LogP contribution in [-0.4, -0.2) is 39.1 Å². The van der Waals surface area contributed by atoms with E-state index in [0.717, 1.165) is 31.2 Å². The van der Waals surface area contributed by atoms with Crippen molar-refractivity contribution in [3.8, 4) is 0 Å². The Morgan fingerprint density at radius 3 is 2.52 bits per heavy atom. The predicted molar refractivity (Wildman–Crippen MR) is 103 cm³/mol. The summed E-state index contributed by atoms with van der Waals surface area (Å²) < 4.78 is 3.72. The quantitative estimate of drug-likeness (QED) is 0.426. The lowest BCUT2D eigenvalue weighted by atomic mass is 10.2. The molecule has 2 aromatic heterocycles. The Kier molecular flexibility index (Phi) is 7.53. The molecule has 0 aliphatic rings. The minimum atomic E-state index is 0. The SMILES string of the molecule is CN=C(NCCc1cnn(C)c1)NCc1c(C)nn(C)c1C.I. The molecule has 0 aliphatic carbocycles. The van der Waals surface area contributed by atoms with Gasteiger partial charge in [0.15, 0.2) is 5.96 Å². The third-order valence-electron chi connectivity index (χ3n) is 3.78. The highest BCUT2D eigenvalue weighted by Gasteiger charge is 2.09. The van der Waals surface area contributed by atoms with E-state index < -0.39 is 0 Å². The van der Waals surface area contributed by atoms with Gasteiger partial charge >= 0.3 is 0 Å². The molecule has 0 unspecified atom stereocenters. The fourth-order valence-electron chi connectivity index (χ4n) is 2.39. The van der Waals surface area contributed by atoms with Crippen LogP contribution in [0.5, 0.6) is 0 Å². The molecule has 0 saturated heterocycles. The zero-order chi connectivity index (χ0) is 16.1. The van der Waals surface area contributed by atoms with Crippen LogP contribution in [0.3, 0.4) is 0 Å². The van der Waals surface area contributed by atoms with Gasteiger partial charge in [0, 0.05) is 51.7 Å². The molecular formula is C15H26IN7. The maximum atomic E-state index is 4.43. The molecule has 128 valence electrons. The van der Waals surface area contributed by atoms with E-state index in [4.69, 9.17) is 0 Å². The number of nitrogens with zero attached hydrogens (tertiary/aromatic N) is 5. The lowest BCUT2D eigenvalue weighted by Gasteiger charge is -2.11. The standard InChI is InChI=1S/C15H25N7.HI/c1-11-14(12(2)22(5)20-11)9-18-15(16-3)17-7-6-13-8-19-21(4)10-13;/h8,10H,6-7,9H2,1-5H3,(H2,16,17,18);1H. The molecule has 23 heavy (non-hydrogen) atoms. The van der Waals surface area contributed by atoms with Gasteiger partial charge in [0.05, 0.1) is 11.9 Å². The second-order valence-electron chi connectivity index (χ2n) is 5.40. The third kappa shape index (κ3) is 5.22. The number of guanidine groups is 1. The van der Waals surface area contributed by atoms with Crippen molar-refractivity contribution in [1.29, 1.82) is 0 Å². The Labute approximate surface area is 154 Å². The Morgan fingerprint density at radius 1 is 1.26 bits per heavy atom. The number of nitrogens with one attached hydrogen (secondary N) is 2. The number of hydrogen-bond donors (Lipinski definition) is 2. The minimum Gasteiger partial charge on any atom is -0.356 e. The average Bonchev–Trinajstić information content (AvgIpc) is 2.99. The third-order valence-corrected chi connectivity index (χ3v) is 3.78. The molecule has 0 radical (unpaired) electrons. The van der Waals surface area contributed by atoms with E-state index in [1.165, 1.54) is 16.8 Å². The van der Waals surface area contributed by atoms with Crippen LogP contribution in [0.4, 0.5) is 0 Å². The lowest BCUT2D eigenvalue weighted by molar-refractivity contribution is 0.728. The van der Waals surface area contributed by atoms with E-state index >= 15 is 0 Å². The molecule has 0 aromatic carbocycles. The summed E-state index contributed by atoms with van der Waals surface area (Å²) in [4.78, 5) is 4.25. The van der Waals surface area contributed by atoms with E-state index in [9.17, 15) is 0 Å². The summed E-state index contributed by atoms with van der Waals surface area (Å²) in [7, 11) is 5.67. The first-order valence-corrected chi connectivity index (χ1v) is 7.42. The molecule has 0 saturated carbocycles. The smallest absolute Gasteiger partial charge is 0.191 e. The summed E-state index contributed by atoms with van der Waals surface area (Å²) in [5.74, 6) is 0.798. The van der Waals surface area contributed by atoms with Crippen molar-refractivity contribution in [2.24, 2.45) is 19.1 Å². The Hall–Kier alpha value is -1.58. The van der Waals surface area contributed by atoms with Crippen molar-refractivity contribution in [3.05, 3.63) is 34.9 Å². The van der Waals surface area contributed by atoms with Gasteiger partial charge in [-0.1, -0.05) is 0 Å². The molecule has 8 heteroatoms.